The molecular weight excluding hydrogens is 482 g/mol. The number of esters is 1. The van der Waals surface area contributed by atoms with Crippen molar-refractivity contribution in [2.45, 2.75) is 45.8 Å². The van der Waals surface area contributed by atoms with Crippen LogP contribution in [-0.4, -0.2) is 42.8 Å². The van der Waals surface area contributed by atoms with Gasteiger partial charge in [0.1, 0.15) is 28.7 Å². The van der Waals surface area contributed by atoms with Crippen LogP contribution in [0, 0.1) is 6.92 Å². The Hall–Kier alpha value is -3.46. The van der Waals surface area contributed by atoms with E-state index in [0.717, 1.165) is 5.56 Å². The molecule has 0 radical (unpaired) electrons. The van der Waals surface area contributed by atoms with Crippen molar-refractivity contribution in [3.63, 3.8) is 0 Å². The maximum atomic E-state index is 13.0. The lowest BCUT2D eigenvalue weighted by molar-refractivity contribution is -0.136. The van der Waals surface area contributed by atoms with Crippen molar-refractivity contribution < 1.29 is 28.2 Å². The predicted octanol–water partition coefficient (Wildman–Crippen LogP) is 5.33. The van der Waals surface area contributed by atoms with Crippen LogP contribution in [0.3, 0.4) is 0 Å². The summed E-state index contributed by atoms with van der Waals surface area (Å²) < 4.78 is 21.7. The molecule has 1 heterocycles. The summed E-state index contributed by atoms with van der Waals surface area (Å²) in [4.78, 5) is 37.7. The molecule has 1 unspecified atom stereocenters. The van der Waals surface area contributed by atoms with Gasteiger partial charge in [-0.25, -0.2) is 14.4 Å². The summed E-state index contributed by atoms with van der Waals surface area (Å²) in [5.41, 5.74) is 1.09. The number of benzene rings is 2. The molecular formula is C27H31NO7S. The van der Waals surface area contributed by atoms with Gasteiger partial charge in [0, 0.05) is 17.0 Å². The Balaban J connectivity index is 1.91. The molecule has 3 aromatic rings. The van der Waals surface area contributed by atoms with E-state index in [1.54, 1.807) is 58.7 Å². The van der Waals surface area contributed by atoms with E-state index in [9.17, 15) is 14.4 Å². The molecule has 0 aliphatic carbocycles. The number of hydrogen-bond donors (Lipinski definition) is 1. The van der Waals surface area contributed by atoms with Crippen molar-refractivity contribution in [1.29, 1.82) is 0 Å². The van der Waals surface area contributed by atoms with E-state index in [1.807, 2.05) is 30.5 Å². The topological polar surface area (TPSA) is 104 Å². The Labute approximate surface area is 214 Å². The van der Waals surface area contributed by atoms with E-state index in [1.165, 1.54) is 6.07 Å². The van der Waals surface area contributed by atoms with Crippen LogP contribution in [0.2, 0.25) is 0 Å². The molecule has 0 saturated carbocycles. The third kappa shape index (κ3) is 6.81. The molecule has 1 amide bonds. The molecule has 8 nitrogen and oxygen atoms in total. The fraction of sp³-hybridized carbons (Fsp3) is 0.370. The van der Waals surface area contributed by atoms with Gasteiger partial charge < -0.3 is 23.9 Å². The molecule has 192 valence electrons. The average Bonchev–Trinajstić information content (AvgIpc) is 2.82. The highest BCUT2D eigenvalue weighted by Gasteiger charge is 2.26. The number of alkyl carbamates (subject to hydrolysis) is 1. The minimum absolute atomic E-state index is 0.239. The summed E-state index contributed by atoms with van der Waals surface area (Å²) in [6.07, 6.45) is 1.57. The van der Waals surface area contributed by atoms with Crippen LogP contribution in [0.25, 0.3) is 22.1 Å². The van der Waals surface area contributed by atoms with Crippen molar-refractivity contribution in [3.05, 3.63) is 58.4 Å². The van der Waals surface area contributed by atoms with Crippen LogP contribution in [0.1, 0.15) is 32.8 Å². The molecule has 0 aliphatic rings. The summed E-state index contributed by atoms with van der Waals surface area (Å²) in [6, 6.07) is 11.3. The Morgan fingerprint density at radius 2 is 1.81 bits per heavy atom. The number of ether oxygens (including phenoxy) is 3. The van der Waals surface area contributed by atoms with E-state index in [0.29, 0.717) is 40.0 Å². The molecule has 0 bridgehead atoms. The number of hydrogen-bond acceptors (Lipinski definition) is 8. The largest absolute Gasteiger partial charge is 0.497 e. The first-order valence-electron chi connectivity index (χ1n) is 11.4. The maximum absolute atomic E-state index is 13.0. The van der Waals surface area contributed by atoms with Crippen molar-refractivity contribution in [1.82, 2.24) is 5.32 Å². The summed E-state index contributed by atoms with van der Waals surface area (Å²) in [6.45, 7) is 6.94. The third-order valence-corrected chi connectivity index (χ3v) is 5.95. The number of thioether (sulfide) groups is 1. The molecule has 3 rings (SSSR count). The second-order valence-corrected chi connectivity index (χ2v) is 10.2. The van der Waals surface area contributed by atoms with Gasteiger partial charge in [0.15, 0.2) is 0 Å². The summed E-state index contributed by atoms with van der Waals surface area (Å²) in [5, 5.41) is 3.30. The standard InChI is InChI=1S/C27H31NO7S/c1-16-22(33-25(30)21(13-14-36-6)28-26(31)35-27(2,3)4)12-11-19-20(15-23(29)34-24(16)19)17-7-9-18(32-5)10-8-17/h7-12,15,21H,13-14H2,1-6H3,(H,28,31). The van der Waals surface area contributed by atoms with Gasteiger partial charge in [0.2, 0.25) is 0 Å². The lowest BCUT2D eigenvalue weighted by Gasteiger charge is -2.23. The highest BCUT2D eigenvalue weighted by Crippen LogP contribution is 2.34. The van der Waals surface area contributed by atoms with Crippen LogP contribution in [0.5, 0.6) is 11.5 Å². The van der Waals surface area contributed by atoms with Crippen LogP contribution in [0.15, 0.2) is 51.7 Å². The monoisotopic (exact) mass is 513 g/mol. The molecule has 0 spiro atoms. The first-order valence-corrected chi connectivity index (χ1v) is 12.8. The Morgan fingerprint density at radius 3 is 2.42 bits per heavy atom. The van der Waals surface area contributed by atoms with E-state index in [2.05, 4.69) is 5.32 Å². The van der Waals surface area contributed by atoms with E-state index < -0.39 is 29.3 Å². The SMILES string of the molecule is COc1ccc(-c2cc(=O)oc3c(C)c(OC(=O)C(CCSC)NC(=O)OC(C)(C)C)ccc23)cc1. The van der Waals surface area contributed by atoms with Crippen LogP contribution >= 0.6 is 11.8 Å². The number of amides is 1. The normalized spacial score (nSPS) is 12.2. The van der Waals surface area contributed by atoms with Gasteiger partial charge >= 0.3 is 17.7 Å². The van der Waals surface area contributed by atoms with Crippen LogP contribution in [-0.2, 0) is 9.53 Å². The smallest absolute Gasteiger partial charge is 0.408 e. The van der Waals surface area contributed by atoms with Crippen molar-refractivity contribution >= 4 is 34.8 Å². The van der Waals surface area contributed by atoms with E-state index >= 15 is 0 Å². The molecule has 0 aliphatic heterocycles. The van der Waals surface area contributed by atoms with Gasteiger partial charge in [0.05, 0.1) is 7.11 Å². The number of fused-ring (bicyclic) bond motifs is 1. The van der Waals surface area contributed by atoms with Gasteiger partial charge in [-0.3, -0.25) is 0 Å². The fourth-order valence-electron chi connectivity index (χ4n) is 3.58. The molecule has 1 aromatic heterocycles. The molecule has 9 heteroatoms. The molecule has 0 fully saturated rings. The van der Waals surface area contributed by atoms with E-state index in [-0.39, 0.29) is 5.75 Å². The second-order valence-electron chi connectivity index (χ2n) is 9.17. The number of rotatable bonds is 8. The first kappa shape index (κ1) is 27.1. The Bertz CT molecular complexity index is 1290. The maximum Gasteiger partial charge on any atom is 0.408 e. The lowest BCUT2D eigenvalue weighted by Crippen LogP contribution is -2.45. The fourth-order valence-corrected chi connectivity index (χ4v) is 4.05. The number of carbonyl (C=O) groups excluding carboxylic acids is 2. The Kier molecular flexibility index (Phi) is 8.68. The van der Waals surface area contributed by atoms with Gasteiger partial charge in [-0.15, -0.1) is 0 Å². The van der Waals surface area contributed by atoms with Crippen LogP contribution in [0.4, 0.5) is 4.79 Å². The van der Waals surface area contributed by atoms with Crippen molar-refractivity contribution in [2.24, 2.45) is 0 Å². The number of nitrogens with one attached hydrogen (secondary N) is 1. The number of carbonyl (C=O) groups is 2. The molecule has 36 heavy (non-hydrogen) atoms. The van der Waals surface area contributed by atoms with Gasteiger partial charge in [-0.2, -0.15) is 11.8 Å². The van der Waals surface area contributed by atoms with Gasteiger partial charge in [0.25, 0.3) is 0 Å². The van der Waals surface area contributed by atoms with Gasteiger partial charge in [-0.05, 0) is 81.5 Å². The first-order chi connectivity index (χ1) is 17.0. The van der Waals surface area contributed by atoms with Crippen molar-refractivity contribution in [3.8, 4) is 22.6 Å². The highest BCUT2D eigenvalue weighted by molar-refractivity contribution is 7.98. The minimum atomic E-state index is -0.903. The Morgan fingerprint density at radius 1 is 1.11 bits per heavy atom. The van der Waals surface area contributed by atoms with Crippen LogP contribution < -0.4 is 20.4 Å². The zero-order valence-corrected chi connectivity index (χ0v) is 22.1. The molecule has 1 atom stereocenters. The summed E-state index contributed by atoms with van der Waals surface area (Å²) >= 11 is 1.54. The number of methoxy groups -OCH3 is 1. The minimum Gasteiger partial charge on any atom is -0.497 e. The summed E-state index contributed by atoms with van der Waals surface area (Å²) in [7, 11) is 1.59. The van der Waals surface area contributed by atoms with Crippen molar-refractivity contribution in [2.75, 3.05) is 19.1 Å². The predicted molar refractivity (Wildman–Crippen MR) is 141 cm³/mol. The third-order valence-electron chi connectivity index (χ3n) is 5.31. The average molecular weight is 514 g/mol. The zero-order chi connectivity index (χ0) is 26.5. The lowest BCUT2D eigenvalue weighted by atomic mass is 10.00. The second kappa shape index (κ2) is 11.5. The zero-order valence-electron chi connectivity index (χ0n) is 21.3. The number of aryl methyl sites for hydroxylation is 1. The summed E-state index contributed by atoms with van der Waals surface area (Å²) in [5.74, 6) is 0.938. The van der Waals surface area contributed by atoms with Gasteiger partial charge in [-0.1, -0.05) is 12.1 Å². The molecule has 1 N–H and O–H groups in total. The molecule has 2 aromatic carbocycles. The quantitative estimate of drug-likeness (QED) is 0.245. The van der Waals surface area contributed by atoms with E-state index in [4.69, 9.17) is 18.6 Å². The highest BCUT2D eigenvalue weighted by atomic mass is 32.2. The molecule has 0 saturated heterocycles.